The van der Waals surface area contributed by atoms with Crippen LogP contribution in [0, 0.1) is 12.1 Å². The van der Waals surface area contributed by atoms with Gasteiger partial charge in [-0.2, -0.15) is 11.3 Å². The molecule has 0 N–H and O–H groups in total. The number of hydrogen-bond acceptors (Lipinski definition) is 3. The zero-order chi connectivity index (χ0) is 46.3. The van der Waals surface area contributed by atoms with Gasteiger partial charge in [0.25, 0.3) is 0 Å². The molecule has 0 bridgehead atoms. The van der Waals surface area contributed by atoms with Gasteiger partial charge in [-0.25, -0.2) is 0 Å². The maximum absolute atomic E-state index is 8.44. The molecule has 0 aliphatic heterocycles. The predicted molar refractivity (Wildman–Crippen MR) is 292 cm³/mol. The van der Waals surface area contributed by atoms with Crippen molar-refractivity contribution in [3.63, 3.8) is 0 Å². The van der Waals surface area contributed by atoms with Crippen molar-refractivity contribution < 1.29 is 21.5 Å². The van der Waals surface area contributed by atoms with Gasteiger partial charge >= 0.3 is 120 Å². The van der Waals surface area contributed by atoms with Crippen molar-refractivity contribution in [2.75, 3.05) is 0 Å². The van der Waals surface area contributed by atoms with Crippen molar-refractivity contribution in [3.8, 4) is 22.6 Å². The normalized spacial score (nSPS) is 12.3. The zero-order valence-electron chi connectivity index (χ0n) is 39.5. The van der Waals surface area contributed by atoms with Gasteiger partial charge in [0.2, 0.25) is 0 Å². The Morgan fingerprint density at radius 1 is 0.574 bits per heavy atom. The zero-order valence-corrected chi connectivity index (χ0v) is 43.8. The number of rotatable bonds is 4. The van der Waals surface area contributed by atoms with Gasteiger partial charge in [-0.05, 0) is 77.4 Å². The van der Waals surface area contributed by atoms with E-state index in [1.54, 1.807) is 0 Å². The van der Waals surface area contributed by atoms with Crippen molar-refractivity contribution >= 4 is 120 Å². The predicted octanol–water partition coefficient (Wildman–Crippen LogP) is 16.9. The Balaban J connectivity index is 0.000000210. The van der Waals surface area contributed by atoms with Gasteiger partial charge in [0.1, 0.15) is 0 Å². The summed E-state index contributed by atoms with van der Waals surface area (Å²) in [5, 5.41) is 14.9. The van der Waals surface area contributed by atoms with Crippen LogP contribution in [0.4, 0.5) is 0 Å². The summed E-state index contributed by atoms with van der Waals surface area (Å²) in [6, 6.07) is 72.0. The molecule has 0 unspecified atom stereocenters. The van der Waals surface area contributed by atoms with Crippen molar-refractivity contribution in [1.29, 1.82) is 0 Å². The van der Waals surface area contributed by atoms with Gasteiger partial charge in [0.15, 0.2) is 0 Å². The molecule has 331 valence electrons. The molecule has 0 spiro atoms. The van der Waals surface area contributed by atoms with Crippen LogP contribution in [0.5, 0.6) is 0 Å². The Morgan fingerprint density at radius 3 is 1.94 bits per heavy atom. The Morgan fingerprint density at radius 2 is 1.22 bits per heavy atom. The van der Waals surface area contributed by atoms with Crippen molar-refractivity contribution in [2.24, 2.45) is 0 Å². The number of pyridine rings is 1. The minimum Gasteiger partial charge on any atom is -0.332 e. The van der Waals surface area contributed by atoms with Crippen molar-refractivity contribution in [2.45, 2.75) is 37.0 Å². The third-order valence-corrected chi connectivity index (χ3v) is 18.7. The van der Waals surface area contributed by atoms with Gasteiger partial charge in [-0.3, -0.25) is 4.98 Å². The molecule has 0 aliphatic carbocycles. The first-order valence-corrected chi connectivity index (χ1v) is 31.1. The fourth-order valence-electron chi connectivity index (χ4n) is 10.1. The van der Waals surface area contributed by atoms with Gasteiger partial charge in [0.05, 0.1) is 16.9 Å². The van der Waals surface area contributed by atoms with Crippen LogP contribution >= 0.6 is 11.3 Å². The Kier molecular flexibility index (Phi) is 11.1. The molecular formula is C62H47GeIrN3S-2. The number of hydrogen-bond donors (Lipinski definition) is 0. The Bertz CT molecular complexity index is 4180. The number of nitrogens with zero attached hydrogens (tertiary/aromatic N) is 3. The van der Waals surface area contributed by atoms with E-state index in [-0.39, 0.29) is 20.1 Å². The molecule has 13 rings (SSSR count). The van der Waals surface area contributed by atoms with E-state index < -0.39 is 19.2 Å². The molecule has 13 aromatic rings. The SMILES string of the molecule is [2H]C(C)(C)c1cc(-c2[c-]cccc2)nc[c]1[Ge]([CH3])([CH3])[CH3].[Ir].[c-]1ccc2c(sc3cc4c(ccc5ccccc54)cc32)c1-c1nc2cccc3c4ccccc4c4ccccc4c4ccccc4n1c23. The molecular weight excluding hydrogens is 1080 g/mol. The van der Waals surface area contributed by atoms with E-state index in [0.717, 1.165) is 44.8 Å². The number of para-hydroxylation sites is 2. The molecule has 0 amide bonds. The molecule has 4 aromatic heterocycles. The van der Waals surface area contributed by atoms with E-state index in [4.69, 9.17) is 6.35 Å². The quantitative estimate of drug-likeness (QED) is 0.0999. The van der Waals surface area contributed by atoms with Crippen LogP contribution in [-0.2, 0) is 20.1 Å². The molecule has 9 aromatic carbocycles. The number of thiophene rings is 1. The molecule has 0 saturated heterocycles. The van der Waals surface area contributed by atoms with Crippen LogP contribution in [0.25, 0.3) is 113 Å². The van der Waals surface area contributed by atoms with Crippen LogP contribution < -0.4 is 4.40 Å². The van der Waals surface area contributed by atoms with Crippen molar-refractivity contribution in [1.82, 2.24) is 14.4 Å². The monoisotopic (exact) mass is 1130 g/mol. The summed E-state index contributed by atoms with van der Waals surface area (Å²) in [6.45, 7) is 3.91. The molecule has 1 radical (unpaired) electrons. The van der Waals surface area contributed by atoms with E-state index in [1.165, 1.54) is 78.4 Å². The Hall–Kier alpha value is -6.47. The summed E-state index contributed by atoms with van der Waals surface area (Å²) in [5.74, 6) is 7.36. The van der Waals surface area contributed by atoms with Gasteiger partial charge in [0, 0.05) is 41.1 Å². The first-order chi connectivity index (χ1) is 33.0. The fourth-order valence-corrected chi connectivity index (χ4v) is 14.7. The summed E-state index contributed by atoms with van der Waals surface area (Å²) in [4.78, 5) is 10.1. The fraction of sp³-hybridized carbons (Fsp3) is 0.0968. The molecule has 0 atom stereocenters. The minimum atomic E-state index is -2.03. The number of benzene rings is 9. The standard InChI is InChI=1S/C45H25N2S.C17H22GeN.Ir/c1-2-12-29-27(11-1)23-24-28-25-39-36-19-9-20-37(44(36)48-42(39)26-38(28)29)45-46-40-21-10-18-35-33-16-6-4-14-31(33)30-13-3-5-15-32(30)34-17-7-8-22-41(34)47(45)43(35)40;1-13(2)15-11-17(14-9-7-6-8-10-14)19-12-16(15)18(3,4)5;/h1-19,21-26H;6-9,11-13H,1-5H3;/q2*-1;/i;13D;. The average Bonchev–Trinajstić information content (AvgIpc) is 3.94. The van der Waals surface area contributed by atoms with E-state index in [2.05, 4.69) is 197 Å². The van der Waals surface area contributed by atoms with E-state index in [9.17, 15) is 0 Å². The van der Waals surface area contributed by atoms with Gasteiger partial charge < -0.3 is 4.40 Å². The van der Waals surface area contributed by atoms with Crippen LogP contribution in [0.1, 0.15) is 26.7 Å². The van der Waals surface area contributed by atoms with Gasteiger partial charge in [-0.1, -0.05) is 126 Å². The van der Waals surface area contributed by atoms with Crippen LogP contribution in [0.15, 0.2) is 188 Å². The largest absolute Gasteiger partial charge is 0.332 e. The van der Waals surface area contributed by atoms with E-state index in [0.29, 0.717) is 0 Å². The number of imidazole rings is 1. The summed E-state index contributed by atoms with van der Waals surface area (Å²) >= 11 is -0.181. The van der Waals surface area contributed by atoms with Crippen LogP contribution in [0.2, 0.25) is 17.3 Å². The first-order valence-electron chi connectivity index (χ1n) is 23.5. The second-order valence-electron chi connectivity index (χ2n) is 18.7. The summed E-state index contributed by atoms with van der Waals surface area (Å²) in [7, 11) is 0. The number of fused-ring (bicyclic) bond motifs is 13. The van der Waals surface area contributed by atoms with Crippen LogP contribution in [0.3, 0.4) is 0 Å². The van der Waals surface area contributed by atoms with E-state index >= 15 is 0 Å². The van der Waals surface area contributed by atoms with Crippen molar-refractivity contribution in [3.05, 3.63) is 206 Å². The molecule has 4 heterocycles. The molecule has 0 saturated carbocycles. The summed E-state index contributed by atoms with van der Waals surface area (Å²) < 4.78 is 14.7. The third kappa shape index (κ3) is 7.44. The molecule has 0 fully saturated rings. The Labute approximate surface area is 417 Å². The maximum atomic E-state index is 8.44. The molecule has 0 aliphatic rings. The molecule has 6 heteroatoms. The second kappa shape index (κ2) is 17.6. The number of aromatic nitrogens is 3. The summed E-state index contributed by atoms with van der Waals surface area (Å²) in [6.07, 6.45) is 2.00. The molecule has 68 heavy (non-hydrogen) atoms. The molecule has 3 nitrogen and oxygen atoms in total. The second-order valence-corrected chi connectivity index (χ2v) is 30.4. The van der Waals surface area contributed by atoms with Gasteiger partial charge in [-0.15, -0.1) is 18.2 Å². The average molecular weight is 1130 g/mol. The summed E-state index contributed by atoms with van der Waals surface area (Å²) in [5.41, 5.74) is 7.26. The van der Waals surface area contributed by atoms with E-state index in [1.807, 2.05) is 55.6 Å². The van der Waals surface area contributed by atoms with Crippen LogP contribution in [-0.4, -0.2) is 27.6 Å². The third-order valence-electron chi connectivity index (χ3n) is 13.3. The minimum absolute atomic E-state index is 0. The topological polar surface area (TPSA) is 30.2 Å². The smallest absolute Gasteiger partial charge is 0.0780 e. The maximum Gasteiger partial charge on any atom is 0.0780 e. The first kappa shape index (κ1) is 42.9.